The van der Waals surface area contributed by atoms with Crippen LogP contribution in [0.15, 0.2) is 30.3 Å². The number of carbonyl (C=O) groups excluding carboxylic acids is 1. The van der Waals surface area contributed by atoms with E-state index in [1.807, 2.05) is 23.1 Å². The number of rotatable bonds is 7. The van der Waals surface area contributed by atoms with E-state index in [9.17, 15) is 4.79 Å². The molecule has 1 aliphatic rings. The molecule has 1 fully saturated rings. The summed E-state index contributed by atoms with van der Waals surface area (Å²) in [6.45, 7) is 7.47. The van der Waals surface area contributed by atoms with Crippen molar-refractivity contribution in [1.82, 2.24) is 10.2 Å². The molecule has 1 aromatic rings. The van der Waals surface area contributed by atoms with Gasteiger partial charge in [-0.25, -0.2) is 0 Å². The number of unbranched alkanes of at least 4 members (excludes halogenated alkanes) is 1. The summed E-state index contributed by atoms with van der Waals surface area (Å²) in [5, 5.41) is 3.43. The van der Waals surface area contributed by atoms with E-state index in [1.165, 1.54) is 18.4 Å². The summed E-state index contributed by atoms with van der Waals surface area (Å²) in [6.07, 6.45) is 4.50. The number of hydrogen-bond acceptors (Lipinski definition) is 2. The fraction of sp³-hybridized carbons (Fsp3) is 0.611. The minimum Gasteiger partial charge on any atom is -0.326 e. The zero-order valence-electron chi connectivity index (χ0n) is 13.5. The first-order valence-corrected chi connectivity index (χ1v) is 8.18. The van der Waals surface area contributed by atoms with Gasteiger partial charge in [0.15, 0.2) is 0 Å². The van der Waals surface area contributed by atoms with Crippen molar-refractivity contribution < 1.29 is 4.79 Å². The Kier molecular flexibility index (Phi) is 5.80. The number of nitrogens with one attached hydrogen (secondary N) is 1. The zero-order valence-corrected chi connectivity index (χ0v) is 13.5. The lowest BCUT2D eigenvalue weighted by Gasteiger charge is -2.20. The summed E-state index contributed by atoms with van der Waals surface area (Å²) in [5.74, 6) is 1.01. The molecule has 0 saturated carbocycles. The molecule has 2 atom stereocenters. The highest BCUT2D eigenvalue weighted by atomic mass is 16.2. The Bertz CT molecular complexity index is 444. The van der Waals surface area contributed by atoms with Crippen LogP contribution >= 0.6 is 0 Å². The van der Waals surface area contributed by atoms with E-state index in [1.54, 1.807) is 0 Å². The van der Waals surface area contributed by atoms with Gasteiger partial charge in [-0.2, -0.15) is 0 Å². The van der Waals surface area contributed by atoms with Crippen LogP contribution in [0.2, 0.25) is 0 Å². The van der Waals surface area contributed by atoms with Gasteiger partial charge in [0, 0.05) is 6.54 Å². The lowest BCUT2D eigenvalue weighted by Crippen LogP contribution is -2.35. The highest BCUT2D eigenvalue weighted by Crippen LogP contribution is 2.16. The molecule has 1 N–H and O–H groups in total. The number of carbonyl (C=O) groups is 1. The van der Waals surface area contributed by atoms with Crippen molar-refractivity contribution in [3.63, 3.8) is 0 Å². The van der Waals surface area contributed by atoms with Gasteiger partial charge in [-0.3, -0.25) is 10.1 Å². The third kappa shape index (κ3) is 4.57. The third-order valence-electron chi connectivity index (χ3n) is 4.20. The maximum absolute atomic E-state index is 12.5. The van der Waals surface area contributed by atoms with Crippen molar-refractivity contribution in [1.29, 1.82) is 0 Å². The Balaban J connectivity index is 1.83. The topological polar surface area (TPSA) is 32.3 Å². The van der Waals surface area contributed by atoms with Crippen LogP contribution in [0, 0.1) is 5.92 Å². The maximum atomic E-state index is 12.5. The minimum absolute atomic E-state index is 0.0625. The van der Waals surface area contributed by atoms with Crippen molar-refractivity contribution in [2.24, 2.45) is 5.92 Å². The molecule has 2 unspecified atom stereocenters. The van der Waals surface area contributed by atoms with Crippen LogP contribution in [-0.4, -0.2) is 29.6 Å². The van der Waals surface area contributed by atoms with Gasteiger partial charge in [0.2, 0.25) is 5.91 Å². The Hall–Kier alpha value is -1.35. The van der Waals surface area contributed by atoms with E-state index in [0.29, 0.717) is 0 Å². The lowest BCUT2D eigenvalue weighted by atomic mass is 10.1. The summed E-state index contributed by atoms with van der Waals surface area (Å²) < 4.78 is 0. The Labute approximate surface area is 128 Å². The standard InChI is InChI=1S/C18H28N2O/c1-14(2)9-7-8-12-20-15(3)19-17(18(20)21)13-16-10-5-4-6-11-16/h4-6,10-11,14-15,17,19H,7-9,12-13H2,1-3H3. The summed E-state index contributed by atoms with van der Waals surface area (Å²) in [4.78, 5) is 14.5. The largest absolute Gasteiger partial charge is 0.326 e. The molecule has 0 aliphatic carbocycles. The predicted molar refractivity (Wildman–Crippen MR) is 86.9 cm³/mol. The van der Waals surface area contributed by atoms with E-state index >= 15 is 0 Å². The van der Waals surface area contributed by atoms with Crippen LogP contribution in [0.3, 0.4) is 0 Å². The van der Waals surface area contributed by atoms with Crippen molar-refractivity contribution in [2.75, 3.05) is 6.54 Å². The molecule has 3 nitrogen and oxygen atoms in total. The average molecular weight is 288 g/mol. The molecular formula is C18H28N2O. The molecule has 1 amide bonds. The number of benzene rings is 1. The first kappa shape index (κ1) is 16.0. The van der Waals surface area contributed by atoms with E-state index < -0.39 is 0 Å². The molecule has 1 aromatic carbocycles. The molecule has 21 heavy (non-hydrogen) atoms. The Morgan fingerprint density at radius 3 is 2.57 bits per heavy atom. The second-order valence-corrected chi connectivity index (χ2v) is 6.51. The first-order chi connectivity index (χ1) is 10.1. The molecule has 1 heterocycles. The van der Waals surface area contributed by atoms with Crippen molar-refractivity contribution >= 4 is 5.91 Å². The van der Waals surface area contributed by atoms with E-state index in [0.717, 1.165) is 25.3 Å². The monoisotopic (exact) mass is 288 g/mol. The lowest BCUT2D eigenvalue weighted by molar-refractivity contribution is -0.129. The molecular weight excluding hydrogens is 260 g/mol. The number of nitrogens with zero attached hydrogens (tertiary/aromatic N) is 1. The minimum atomic E-state index is -0.0625. The molecule has 2 rings (SSSR count). The van der Waals surface area contributed by atoms with Crippen LogP contribution in [0.5, 0.6) is 0 Å². The van der Waals surface area contributed by atoms with Gasteiger partial charge >= 0.3 is 0 Å². The van der Waals surface area contributed by atoms with Gasteiger partial charge in [0.05, 0.1) is 12.2 Å². The molecule has 1 aliphatic heterocycles. The van der Waals surface area contributed by atoms with Crippen LogP contribution < -0.4 is 5.32 Å². The highest BCUT2D eigenvalue weighted by Gasteiger charge is 2.35. The second kappa shape index (κ2) is 7.60. The van der Waals surface area contributed by atoms with Crippen molar-refractivity contribution in [3.8, 4) is 0 Å². The first-order valence-electron chi connectivity index (χ1n) is 8.18. The molecule has 3 heteroatoms. The molecule has 0 spiro atoms. The molecule has 0 radical (unpaired) electrons. The summed E-state index contributed by atoms with van der Waals surface area (Å²) in [7, 11) is 0. The van der Waals surface area contributed by atoms with E-state index in [4.69, 9.17) is 0 Å². The normalized spacial score (nSPS) is 22.3. The smallest absolute Gasteiger partial charge is 0.241 e. The van der Waals surface area contributed by atoms with Gasteiger partial charge < -0.3 is 4.90 Å². The number of amides is 1. The maximum Gasteiger partial charge on any atom is 0.241 e. The molecule has 0 aromatic heterocycles. The number of hydrogen-bond donors (Lipinski definition) is 1. The molecule has 0 bridgehead atoms. The van der Waals surface area contributed by atoms with Gasteiger partial charge in [0.1, 0.15) is 0 Å². The second-order valence-electron chi connectivity index (χ2n) is 6.51. The SMILES string of the molecule is CC(C)CCCCN1C(=O)C(Cc2ccccc2)NC1C. The van der Waals surface area contributed by atoms with E-state index in [2.05, 4.69) is 38.2 Å². The average Bonchev–Trinajstić information content (AvgIpc) is 2.71. The fourth-order valence-electron chi connectivity index (χ4n) is 2.98. The predicted octanol–water partition coefficient (Wildman–Crippen LogP) is 3.20. The van der Waals surface area contributed by atoms with Crippen LogP contribution in [0.4, 0.5) is 0 Å². The molecule has 1 saturated heterocycles. The van der Waals surface area contributed by atoms with Crippen LogP contribution in [-0.2, 0) is 11.2 Å². The van der Waals surface area contributed by atoms with Crippen molar-refractivity contribution in [3.05, 3.63) is 35.9 Å². The van der Waals surface area contributed by atoms with Crippen molar-refractivity contribution in [2.45, 2.75) is 58.7 Å². The van der Waals surface area contributed by atoms with Crippen LogP contribution in [0.25, 0.3) is 0 Å². The highest BCUT2D eigenvalue weighted by molar-refractivity contribution is 5.84. The summed E-state index contributed by atoms with van der Waals surface area (Å²) in [6, 6.07) is 10.2. The molecule has 116 valence electrons. The van der Waals surface area contributed by atoms with Gasteiger partial charge in [-0.1, -0.05) is 57.0 Å². The van der Waals surface area contributed by atoms with Gasteiger partial charge in [-0.15, -0.1) is 0 Å². The quantitative estimate of drug-likeness (QED) is 0.781. The Morgan fingerprint density at radius 1 is 1.19 bits per heavy atom. The Morgan fingerprint density at radius 2 is 1.90 bits per heavy atom. The van der Waals surface area contributed by atoms with E-state index in [-0.39, 0.29) is 18.1 Å². The summed E-state index contributed by atoms with van der Waals surface area (Å²) >= 11 is 0. The fourth-order valence-corrected chi connectivity index (χ4v) is 2.98. The summed E-state index contributed by atoms with van der Waals surface area (Å²) in [5.41, 5.74) is 1.22. The zero-order chi connectivity index (χ0) is 15.2. The van der Waals surface area contributed by atoms with Gasteiger partial charge in [-0.05, 0) is 31.2 Å². The van der Waals surface area contributed by atoms with Crippen LogP contribution in [0.1, 0.15) is 45.6 Å². The third-order valence-corrected chi connectivity index (χ3v) is 4.20. The van der Waals surface area contributed by atoms with Gasteiger partial charge in [0.25, 0.3) is 0 Å².